The van der Waals surface area contributed by atoms with Crippen LogP contribution in [0, 0.1) is 0 Å². The third-order valence-electron chi connectivity index (χ3n) is 3.06. The molecule has 1 aromatic carbocycles. The monoisotopic (exact) mass is 270 g/mol. The summed E-state index contributed by atoms with van der Waals surface area (Å²) in [7, 11) is 0. The van der Waals surface area contributed by atoms with Crippen molar-refractivity contribution in [1.82, 2.24) is 10.3 Å². The fourth-order valence-electron chi connectivity index (χ4n) is 1.81. The van der Waals surface area contributed by atoms with E-state index in [4.69, 9.17) is 0 Å². The Balaban J connectivity index is 1.97. The summed E-state index contributed by atoms with van der Waals surface area (Å²) in [6.07, 6.45) is 1.25. The summed E-state index contributed by atoms with van der Waals surface area (Å²) >= 11 is 0. The molecule has 0 fully saturated rings. The van der Waals surface area contributed by atoms with E-state index in [0.29, 0.717) is 13.0 Å². The zero-order valence-corrected chi connectivity index (χ0v) is 11.4. The highest BCUT2D eigenvalue weighted by molar-refractivity contribution is 5.80. The zero-order valence-electron chi connectivity index (χ0n) is 11.4. The Bertz CT molecular complexity index is 552. The summed E-state index contributed by atoms with van der Waals surface area (Å²) in [6, 6.07) is 13.8. The van der Waals surface area contributed by atoms with E-state index in [1.807, 2.05) is 42.5 Å². The fraction of sp³-hybridized carbons (Fsp3) is 0.250. The van der Waals surface area contributed by atoms with Gasteiger partial charge in [-0.15, -0.1) is 0 Å². The number of nitrogens with zero attached hydrogens (tertiary/aromatic N) is 1. The van der Waals surface area contributed by atoms with Crippen LogP contribution in [0.25, 0.3) is 11.1 Å². The second kappa shape index (κ2) is 6.82. The standard InChI is InChI=1S/C16H18N2O2/c1-2-15(19)16(20)18-11-14-9-8-13(10-17-14)12-6-4-3-5-7-12/h3-10,15,19H,2,11H2,1H3,(H,18,20). The highest BCUT2D eigenvalue weighted by Crippen LogP contribution is 2.17. The Morgan fingerprint density at radius 1 is 1.20 bits per heavy atom. The molecule has 0 radical (unpaired) electrons. The minimum absolute atomic E-state index is 0.324. The van der Waals surface area contributed by atoms with Crippen LogP contribution < -0.4 is 5.32 Å². The quantitative estimate of drug-likeness (QED) is 0.875. The first-order chi connectivity index (χ1) is 9.70. The summed E-state index contributed by atoms with van der Waals surface area (Å²) < 4.78 is 0. The third-order valence-corrected chi connectivity index (χ3v) is 3.06. The SMILES string of the molecule is CCC(O)C(=O)NCc1ccc(-c2ccccc2)cn1. The van der Waals surface area contributed by atoms with Crippen molar-refractivity contribution in [1.29, 1.82) is 0 Å². The fourth-order valence-corrected chi connectivity index (χ4v) is 1.81. The first kappa shape index (κ1) is 14.2. The van der Waals surface area contributed by atoms with Gasteiger partial charge in [0.2, 0.25) is 5.91 Å². The van der Waals surface area contributed by atoms with Gasteiger partial charge in [-0.1, -0.05) is 43.3 Å². The van der Waals surface area contributed by atoms with Gasteiger partial charge in [-0.2, -0.15) is 0 Å². The van der Waals surface area contributed by atoms with Crippen LogP contribution in [0.4, 0.5) is 0 Å². The molecule has 0 aliphatic heterocycles. The Hall–Kier alpha value is -2.20. The molecule has 1 heterocycles. The van der Waals surface area contributed by atoms with E-state index in [2.05, 4.69) is 10.3 Å². The highest BCUT2D eigenvalue weighted by atomic mass is 16.3. The maximum absolute atomic E-state index is 11.4. The Kier molecular flexibility index (Phi) is 4.85. The van der Waals surface area contributed by atoms with Crippen LogP contribution >= 0.6 is 0 Å². The molecule has 2 N–H and O–H groups in total. The molecule has 20 heavy (non-hydrogen) atoms. The molecule has 1 atom stereocenters. The highest BCUT2D eigenvalue weighted by Gasteiger charge is 2.11. The number of benzene rings is 1. The van der Waals surface area contributed by atoms with Gasteiger partial charge in [-0.25, -0.2) is 0 Å². The number of hydrogen-bond acceptors (Lipinski definition) is 3. The van der Waals surface area contributed by atoms with Gasteiger partial charge in [0.05, 0.1) is 12.2 Å². The lowest BCUT2D eigenvalue weighted by molar-refractivity contribution is -0.129. The number of aromatic nitrogens is 1. The van der Waals surface area contributed by atoms with Crippen LogP contribution in [0.5, 0.6) is 0 Å². The molecular weight excluding hydrogens is 252 g/mol. The molecule has 0 aliphatic carbocycles. The number of hydrogen-bond donors (Lipinski definition) is 2. The van der Waals surface area contributed by atoms with Gasteiger partial charge in [0.25, 0.3) is 0 Å². The van der Waals surface area contributed by atoms with Gasteiger partial charge in [0.15, 0.2) is 0 Å². The Morgan fingerprint density at radius 2 is 1.95 bits per heavy atom. The zero-order chi connectivity index (χ0) is 14.4. The average molecular weight is 270 g/mol. The molecular formula is C16H18N2O2. The van der Waals surface area contributed by atoms with Crippen LogP contribution in [-0.4, -0.2) is 22.1 Å². The van der Waals surface area contributed by atoms with Gasteiger partial charge in [0.1, 0.15) is 6.10 Å². The van der Waals surface area contributed by atoms with Gasteiger partial charge in [0, 0.05) is 11.8 Å². The van der Waals surface area contributed by atoms with Crippen molar-refractivity contribution in [3.63, 3.8) is 0 Å². The predicted octanol–water partition coefficient (Wildman–Crippen LogP) is 2.14. The summed E-state index contributed by atoms with van der Waals surface area (Å²) in [6.45, 7) is 2.09. The minimum Gasteiger partial charge on any atom is -0.383 e. The lowest BCUT2D eigenvalue weighted by Crippen LogP contribution is -2.33. The maximum Gasteiger partial charge on any atom is 0.249 e. The molecule has 0 aliphatic rings. The molecule has 0 spiro atoms. The van der Waals surface area contributed by atoms with Crippen molar-refractivity contribution < 1.29 is 9.90 Å². The number of aliphatic hydroxyl groups excluding tert-OH is 1. The minimum atomic E-state index is -0.946. The predicted molar refractivity (Wildman–Crippen MR) is 77.8 cm³/mol. The smallest absolute Gasteiger partial charge is 0.249 e. The van der Waals surface area contributed by atoms with Gasteiger partial charge in [-0.05, 0) is 18.1 Å². The molecule has 0 bridgehead atoms. The number of pyridine rings is 1. The van der Waals surface area contributed by atoms with E-state index in [9.17, 15) is 9.90 Å². The first-order valence-corrected chi connectivity index (χ1v) is 6.67. The number of carbonyl (C=O) groups is 1. The molecule has 1 aromatic heterocycles. The lowest BCUT2D eigenvalue weighted by atomic mass is 10.1. The Morgan fingerprint density at radius 3 is 2.55 bits per heavy atom. The van der Waals surface area contributed by atoms with E-state index >= 15 is 0 Å². The van der Waals surface area contributed by atoms with Crippen molar-refractivity contribution in [3.8, 4) is 11.1 Å². The largest absolute Gasteiger partial charge is 0.383 e. The number of rotatable bonds is 5. The maximum atomic E-state index is 11.4. The van der Waals surface area contributed by atoms with Crippen LogP contribution in [-0.2, 0) is 11.3 Å². The van der Waals surface area contributed by atoms with Gasteiger partial charge in [-0.3, -0.25) is 9.78 Å². The van der Waals surface area contributed by atoms with Crippen molar-refractivity contribution in [2.45, 2.75) is 26.0 Å². The van der Waals surface area contributed by atoms with E-state index in [-0.39, 0.29) is 5.91 Å². The normalized spacial score (nSPS) is 11.9. The number of aliphatic hydroxyl groups is 1. The topological polar surface area (TPSA) is 62.2 Å². The summed E-state index contributed by atoms with van der Waals surface area (Å²) in [5.74, 6) is -0.360. The van der Waals surface area contributed by atoms with Crippen molar-refractivity contribution >= 4 is 5.91 Å². The number of amides is 1. The Labute approximate surface area is 118 Å². The average Bonchev–Trinajstić information content (AvgIpc) is 2.53. The van der Waals surface area contributed by atoms with Crippen LogP contribution in [0.15, 0.2) is 48.7 Å². The van der Waals surface area contributed by atoms with Crippen LogP contribution in [0.1, 0.15) is 19.0 Å². The molecule has 2 aromatic rings. The van der Waals surface area contributed by atoms with Crippen LogP contribution in [0.2, 0.25) is 0 Å². The molecule has 2 rings (SSSR count). The van der Waals surface area contributed by atoms with Crippen molar-refractivity contribution in [3.05, 3.63) is 54.4 Å². The molecule has 1 amide bonds. The second-order valence-electron chi connectivity index (χ2n) is 4.55. The second-order valence-corrected chi connectivity index (χ2v) is 4.55. The van der Waals surface area contributed by atoms with E-state index in [1.165, 1.54) is 0 Å². The molecule has 0 saturated heterocycles. The van der Waals surface area contributed by atoms with Crippen molar-refractivity contribution in [2.75, 3.05) is 0 Å². The molecule has 1 unspecified atom stereocenters. The van der Waals surface area contributed by atoms with E-state index in [1.54, 1.807) is 13.1 Å². The van der Waals surface area contributed by atoms with E-state index in [0.717, 1.165) is 16.8 Å². The summed E-state index contributed by atoms with van der Waals surface area (Å²) in [4.78, 5) is 15.8. The van der Waals surface area contributed by atoms with Crippen LogP contribution in [0.3, 0.4) is 0 Å². The first-order valence-electron chi connectivity index (χ1n) is 6.67. The number of carbonyl (C=O) groups excluding carboxylic acids is 1. The number of nitrogens with one attached hydrogen (secondary N) is 1. The third kappa shape index (κ3) is 3.65. The lowest BCUT2D eigenvalue weighted by Gasteiger charge is -2.09. The summed E-state index contributed by atoms with van der Waals surface area (Å²) in [5.41, 5.74) is 2.91. The molecule has 4 nitrogen and oxygen atoms in total. The molecule has 4 heteroatoms. The molecule has 0 saturated carbocycles. The van der Waals surface area contributed by atoms with Gasteiger partial charge < -0.3 is 10.4 Å². The summed E-state index contributed by atoms with van der Waals surface area (Å²) in [5, 5.41) is 12.0. The van der Waals surface area contributed by atoms with E-state index < -0.39 is 6.10 Å². The van der Waals surface area contributed by atoms with Gasteiger partial charge >= 0.3 is 0 Å². The molecule has 104 valence electrons. The van der Waals surface area contributed by atoms with Crippen molar-refractivity contribution in [2.24, 2.45) is 0 Å².